The molecule has 22 heteroatoms. The quantitative estimate of drug-likeness (QED) is 0.0797. The van der Waals surface area contributed by atoms with E-state index in [2.05, 4.69) is 5.32 Å². The minimum absolute atomic E-state index is 0.822. The van der Waals surface area contributed by atoms with Gasteiger partial charge in [-0.25, -0.2) is 9.59 Å². The fraction of sp³-hybridized carbons (Fsp3) is 0.880. The van der Waals surface area contributed by atoms with Gasteiger partial charge >= 0.3 is 11.9 Å². The molecule has 0 spiro atoms. The van der Waals surface area contributed by atoms with Crippen LogP contribution in [0, 0.1) is 0 Å². The van der Waals surface area contributed by atoms with Crippen LogP contribution in [0.1, 0.15) is 13.3 Å². The smallest absolute Gasteiger partial charge is 0.364 e. The van der Waals surface area contributed by atoms with Crippen LogP contribution in [0.15, 0.2) is 0 Å². The Morgan fingerprint density at radius 2 is 1.53 bits per heavy atom. The highest BCUT2D eigenvalue weighted by Gasteiger charge is 2.61. The second-order valence-electron chi connectivity index (χ2n) is 11.1. The molecule has 0 unspecified atom stereocenters. The molecule has 3 heterocycles. The molecule has 0 aromatic heterocycles. The molecule has 13 N–H and O–H groups in total. The van der Waals surface area contributed by atoms with Crippen LogP contribution >= 0.6 is 0 Å². The van der Waals surface area contributed by atoms with Crippen molar-refractivity contribution >= 4 is 17.8 Å². The number of rotatable bonds is 13. The number of hydrogen-bond donors (Lipinski definition) is 13. The summed E-state index contributed by atoms with van der Waals surface area (Å²) in [7, 11) is 0. The first kappa shape index (κ1) is 39.2. The highest BCUT2D eigenvalue weighted by molar-refractivity contribution is 5.77. The number of carbonyl (C=O) groups is 3. The van der Waals surface area contributed by atoms with Gasteiger partial charge in [0.15, 0.2) is 12.6 Å². The first-order valence-corrected chi connectivity index (χ1v) is 14.3. The molecule has 3 fully saturated rings. The topological polar surface area (TPSA) is 361 Å². The number of aliphatic hydroxyl groups is 11. The van der Waals surface area contributed by atoms with Crippen LogP contribution in [0.3, 0.4) is 0 Å². The van der Waals surface area contributed by atoms with Crippen molar-refractivity contribution in [1.29, 1.82) is 0 Å². The Kier molecular flexibility index (Phi) is 13.7. The van der Waals surface area contributed by atoms with Crippen LogP contribution in [0.4, 0.5) is 0 Å². The molecule has 1 amide bonds. The molecule has 47 heavy (non-hydrogen) atoms. The third-order valence-electron chi connectivity index (χ3n) is 7.86. The number of nitrogens with one attached hydrogen (secondary N) is 1. The number of amides is 1. The van der Waals surface area contributed by atoms with Gasteiger partial charge in [0.1, 0.15) is 79.9 Å². The van der Waals surface area contributed by atoms with Crippen LogP contribution in [-0.4, -0.2) is 203 Å². The zero-order valence-corrected chi connectivity index (χ0v) is 24.7. The lowest BCUT2D eigenvalue weighted by Gasteiger charge is -2.51. The highest BCUT2D eigenvalue weighted by Crippen LogP contribution is 2.39. The highest BCUT2D eigenvalue weighted by atomic mass is 16.8. The molecule has 16 atom stereocenters. The maximum absolute atomic E-state index is 12.8. The second kappa shape index (κ2) is 16.4. The maximum Gasteiger partial charge on any atom is 0.364 e. The number of aliphatic carboxylic acids is 1. The van der Waals surface area contributed by atoms with E-state index < -0.39 is 148 Å². The van der Waals surface area contributed by atoms with Gasteiger partial charge in [-0.05, 0) is 0 Å². The summed E-state index contributed by atoms with van der Waals surface area (Å²) in [5, 5.41) is 124. The molecule has 0 bridgehead atoms. The monoisotopic (exact) mass is 691 g/mol. The van der Waals surface area contributed by atoms with E-state index in [4.69, 9.17) is 28.4 Å². The number of carbonyl (C=O) groups excluding carboxylic acids is 2. The van der Waals surface area contributed by atoms with Crippen LogP contribution in [0.5, 0.6) is 0 Å². The molecule has 3 aliphatic rings. The molecule has 0 aromatic rings. The molecule has 0 saturated carbocycles. The fourth-order valence-corrected chi connectivity index (χ4v) is 5.46. The van der Waals surface area contributed by atoms with Gasteiger partial charge in [0.05, 0.1) is 32.3 Å². The van der Waals surface area contributed by atoms with Crippen LogP contribution in [0.2, 0.25) is 0 Å². The predicted octanol–water partition coefficient (Wildman–Crippen LogP) is -8.68. The number of carboxylic acids is 1. The Labute approximate surface area is 265 Å². The van der Waals surface area contributed by atoms with Crippen molar-refractivity contribution in [3.63, 3.8) is 0 Å². The van der Waals surface area contributed by atoms with Gasteiger partial charge < -0.3 is 95.0 Å². The fourth-order valence-electron chi connectivity index (χ4n) is 5.46. The summed E-state index contributed by atoms with van der Waals surface area (Å²) in [6, 6.07) is -1.65. The minimum Gasteiger partial charge on any atom is -0.477 e. The lowest BCUT2D eigenvalue weighted by atomic mass is 9.87. The number of carboxylic acid groups (broad SMARTS) is 1. The van der Waals surface area contributed by atoms with E-state index in [0.29, 0.717) is 0 Å². The standard InChI is InChI=1S/C25H41NO21/c1-7(31)26-13-9(42-12(33)6-30)2-25(24(40)41,46-20(13)14(34)8(32)3-27)47-21-15(35)10(4-28)44-23(18(21)38)45-19-11(5-29)43-22(39)17(37)16(19)36/h8-11,13-23,27-30,32,34-39H,2-6H2,1H3,(H,26,31)(H,40,41)/t8-,9+,10-,11-,13-,14-,15+,16-,17-,18-,19-,20-,21+,22-,23+,25+/m1/s1. The van der Waals surface area contributed by atoms with Crippen molar-refractivity contribution in [2.75, 3.05) is 26.4 Å². The largest absolute Gasteiger partial charge is 0.477 e. The van der Waals surface area contributed by atoms with E-state index in [1.807, 2.05) is 0 Å². The van der Waals surface area contributed by atoms with Crippen molar-refractivity contribution in [2.45, 2.75) is 111 Å². The lowest BCUT2D eigenvalue weighted by Crippen LogP contribution is -2.71. The van der Waals surface area contributed by atoms with Gasteiger partial charge in [-0.3, -0.25) is 4.79 Å². The number of ether oxygens (including phenoxy) is 6. The van der Waals surface area contributed by atoms with Gasteiger partial charge in [0, 0.05) is 6.92 Å². The van der Waals surface area contributed by atoms with E-state index in [1.54, 1.807) is 0 Å². The maximum atomic E-state index is 12.8. The molecule has 3 rings (SSSR count). The van der Waals surface area contributed by atoms with Gasteiger partial charge in [-0.1, -0.05) is 0 Å². The van der Waals surface area contributed by atoms with E-state index in [9.17, 15) is 75.7 Å². The van der Waals surface area contributed by atoms with E-state index >= 15 is 0 Å². The van der Waals surface area contributed by atoms with Crippen molar-refractivity contribution in [3.8, 4) is 0 Å². The third kappa shape index (κ3) is 8.50. The molecule has 0 aromatic carbocycles. The molecule has 22 nitrogen and oxygen atoms in total. The first-order valence-electron chi connectivity index (χ1n) is 14.3. The summed E-state index contributed by atoms with van der Waals surface area (Å²) in [6.07, 6.45) is -28.7. The summed E-state index contributed by atoms with van der Waals surface area (Å²) in [5.74, 6) is -7.36. The van der Waals surface area contributed by atoms with Crippen LogP contribution < -0.4 is 5.32 Å². The third-order valence-corrected chi connectivity index (χ3v) is 7.86. The summed E-state index contributed by atoms with van der Waals surface area (Å²) < 4.78 is 32.2. The van der Waals surface area contributed by atoms with Crippen molar-refractivity contribution in [1.82, 2.24) is 5.32 Å². The first-order chi connectivity index (χ1) is 22.0. The van der Waals surface area contributed by atoms with Crippen molar-refractivity contribution in [2.24, 2.45) is 0 Å². The van der Waals surface area contributed by atoms with Crippen molar-refractivity contribution in [3.05, 3.63) is 0 Å². The van der Waals surface area contributed by atoms with E-state index in [1.165, 1.54) is 0 Å². The molecule has 3 saturated heterocycles. The Balaban J connectivity index is 2.03. The number of esters is 1. The molecular formula is C25H41NO21. The van der Waals surface area contributed by atoms with Gasteiger partial charge in [0.25, 0.3) is 5.79 Å². The Morgan fingerprint density at radius 3 is 2.06 bits per heavy atom. The molecule has 3 aliphatic heterocycles. The Hall–Kier alpha value is -2.23. The summed E-state index contributed by atoms with van der Waals surface area (Å²) in [5.41, 5.74) is 0. The SMILES string of the molecule is CC(=O)N[C@H]1[C@H]([C@H](O)[C@H](O)CO)O[C@@](O[C@H]2[C@@H](O)[C@@H](CO)O[C@@H](O[C@H]3[C@H](O)[C@@H](O)[C@H](O)O[C@@H]3CO)[C@@H]2O)(C(=O)O)C[C@@H]1OC(=O)CO. The second-order valence-corrected chi connectivity index (χ2v) is 11.1. The number of aliphatic hydroxyl groups excluding tert-OH is 11. The molecule has 0 radical (unpaired) electrons. The van der Waals surface area contributed by atoms with Gasteiger partial charge in [-0.2, -0.15) is 0 Å². The molecule has 272 valence electrons. The zero-order chi connectivity index (χ0) is 35.4. The summed E-state index contributed by atoms with van der Waals surface area (Å²) in [4.78, 5) is 36.9. The normalized spacial score (nSPS) is 42.3. The minimum atomic E-state index is -3.15. The van der Waals surface area contributed by atoms with Gasteiger partial charge in [-0.15, -0.1) is 0 Å². The zero-order valence-electron chi connectivity index (χ0n) is 24.7. The van der Waals surface area contributed by atoms with Crippen molar-refractivity contribution < 1.29 is 104 Å². The predicted molar refractivity (Wildman–Crippen MR) is 141 cm³/mol. The Morgan fingerprint density at radius 1 is 0.894 bits per heavy atom. The Bertz CT molecular complexity index is 1070. The van der Waals surface area contributed by atoms with Gasteiger partial charge in [0.2, 0.25) is 5.91 Å². The van der Waals surface area contributed by atoms with E-state index in [0.717, 1.165) is 6.92 Å². The average molecular weight is 692 g/mol. The molecule has 0 aliphatic carbocycles. The number of hydrogen-bond acceptors (Lipinski definition) is 20. The van der Waals surface area contributed by atoms with Crippen LogP contribution in [0.25, 0.3) is 0 Å². The lowest BCUT2D eigenvalue weighted by molar-refractivity contribution is -0.385. The van der Waals surface area contributed by atoms with E-state index in [-0.39, 0.29) is 0 Å². The summed E-state index contributed by atoms with van der Waals surface area (Å²) in [6.45, 7) is -3.27. The van der Waals surface area contributed by atoms with Crippen LogP contribution in [-0.2, 0) is 42.8 Å². The summed E-state index contributed by atoms with van der Waals surface area (Å²) >= 11 is 0. The molecular weight excluding hydrogens is 650 g/mol. The average Bonchev–Trinajstić information content (AvgIpc) is 3.03.